The molecule has 0 bridgehead atoms. The summed E-state index contributed by atoms with van der Waals surface area (Å²) in [6, 6.07) is 0. The van der Waals surface area contributed by atoms with Gasteiger partial charge in [-0.1, -0.05) is 27.7 Å². The van der Waals surface area contributed by atoms with Crippen LogP contribution in [0.3, 0.4) is 0 Å². The molecule has 0 unspecified atom stereocenters. The molecule has 19 heavy (non-hydrogen) atoms. The van der Waals surface area contributed by atoms with E-state index in [4.69, 9.17) is 5.73 Å². The summed E-state index contributed by atoms with van der Waals surface area (Å²) >= 11 is 0. The van der Waals surface area contributed by atoms with E-state index >= 15 is 0 Å². The van der Waals surface area contributed by atoms with E-state index in [1.807, 2.05) is 19.0 Å². The van der Waals surface area contributed by atoms with Crippen LogP contribution in [0.1, 0.15) is 27.7 Å². The minimum Gasteiger partial charge on any atom is -0.368 e. The van der Waals surface area contributed by atoms with Crippen molar-refractivity contribution in [2.75, 3.05) is 42.7 Å². The summed E-state index contributed by atoms with van der Waals surface area (Å²) < 4.78 is 0. The molecule has 1 aromatic rings. The summed E-state index contributed by atoms with van der Waals surface area (Å²) in [4.78, 5) is 16.9. The summed E-state index contributed by atoms with van der Waals surface area (Å²) in [7, 11) is 3.79. The van der Waals surface area contributed by atoms with E-state index < -0.39 is 0 Å². The Hall–Kier alpha value is -1.59. The van der Waals surface area contributed by atoms with Gasteiger partial charge < -0.3 is 15.5 Å². The molecule has 0 aliphatic heterocycles. The van der Waals surface area contributed by atoms with Crippen molar-refractivity contribution in [2.24, 2.45) is 11.8 Å². The smallest absolute Gasteiger partial charge is 0.231 e. The van der Waals surface area contributed by atoms with E-state index in [1.54, 1.807) is 0 Å². The molecule has 0 amide bonds. The first-order valence-electron chi connectivity index (χ1n) is 6.73. The van der Waals surface area contributed by atoms with Crippen molar-refractivity contribution in [2.45, 2.75) is 27.7 Å². The van der Waals surface area contributed by atoms with E-state index in [0.29, 0.717) is 23.7 Å². The third-order valence-corrected chi connectivity index (χ3v) is 2.48. The number of hydrogen-bond acceptors (Lipinski definition) is 6. The fraction of sp³-hybridized carbons (Fsp3) is 0.769. The molecule has 0 fully saturated rings. The van der Waals surface area contributed by atoms with Crippen molar-refractivity contribution in [3.8, 4) is 0 Å². The highest BCUT2D eigenvalue weighted by Crippen LogP contribution is 2.16. The van der Waals surface area contributed by atoms with Crippen LogP contribution < -0.4 is 15.5 Å². The monoisotopic (exact) mass is 266 g/mol. The van der Waals surface area contributed by atoms with Crippen LogP contribution in [0, 0.1) is 11.8 Å². The molecule has 0 saturated carbocycles. The zero-order chi connectivity index (χ0) is 14.6. The molecule has 0 aliphatic rings. The van der Waals surface area contributed by atoms with Gasteiger partial charge in [0.15, 0.2) is 0 Å². The summed E-state index contributed by atoms with van der Waals surface area (Å²) in [5, 5.41) is 0. The van der Waals surface area contributed by atoms with Crippen molar-refractivity contribution >= 4 is 17.8 Å². The summed E-state index contributed by atoms with van der Waals surface area (Å²) in [5.74, 6) is 2.61. The number of nitrogens with zero attached hydrogens (tertiary/aromatic N) is 5. The summed E-state index contributed by atoms with van der Waals surface area (Å²) in [5.41, 5.74) is 5.78. The highest BCUT2D eigenvalue weighted by Gasteiger charge is 2.16. The SMILES string of the molecule is CC(C)CN(CC(C)C)c1nc(N)nc(N(C)C)n1. The van der Waals surface area contributed by atoms with Crippen LogP contribution >= 0.6 is 0 Å². The molecule has 0 atom stereocenters. The van der Waals surface area contributed by atoms with Gasteiger partial charge in [-0.05, 0) is 11.8 Å². The molecule has 2 N–H and O–H groups in total. The lowest BCUT2D eigenvalue weighted by Gasteiger charge is -2.27. The number of anilines is 3. The predicted octanol–water partition coefficient (Wildman–Crippen LogP) is 1.64. The Kier molecular flexibility index (Phi) is 5.32. The molecule has 0 radical (unpaired) electrons. The lowest BCUT2D eigenvalue weighted by Crippen LogP contribution is -2.33. The first-order chi connectivity index (χ1) is 8.79. The fourth-order valence-electron chi connectivity index (χ4n) is 1.83. The largest absolute Gasteiger partial charge is 0.368 e. The minimum atomic E-state index is 0.270. The van der Waals surface area contributed by atoms with Gasteiger partial charge in [-0.2, -0.15) is 15.0 Å². The van der Waals surface area contributed by atoms with Crippen LogP contribution in [0.5, 0.6) is 0 Å². The first kappa shape index (κ1) is 15.5. The second kappa shape index (κ2) is 6.54. The maximum absolute atomic E-state index is 5.78. The Morgan fingerprint density at radius 3 is 1.79 bits per heavy atom. The molecule has 0 aromatic carbocycles. The lowest BCUT2D eigenvalue weighted by molar-refractivity contribution is 0.543. The molecule has 1 heterocycles. The highest BCUT2D eigenvalue weighted by atomic mass is 15.3. The van der Waals surface area contributed by atoms with E-state index in [-0.39, 0.29) is 5.95 Å². The van der Waals surface area contributed by atoms with Crippen molar-refractivity contribution in [3.05, 3.63) is 0 Å². The molecule has 6 heteroatoms. The minimum absolute atomic E-state index is 0.270. The number of aromatic nitrogens is 3. The van der Waals surface area contributed by atoms with E-state index in [9.17, 15) is 0 Å². The number of rotatable bonds is 6. The van der Waals surface area contributed by atoms with E-state index in [0.717, 1.165) is 13.1 Å². The van der Waals surface area contributed by atoms with Crippen LogP contribution in [0.15, 0.2) is 0 Å². The van der Waals surface area contributed by atoms with Crippen LogP contribution in [0.2, 0.25) is 0 Å². The van der Waals surface area contributed by atoms with Crippen molar-refractivity contribution in [1.82, 2.24) is 15.0 Å². The van der Waals surface area contributed by atoms with Gasteiger partial charge in [-0.15, -0.1) is 0 Å². The molecule has 0 saturated heterocycles. The third-order valence-electron chi connectivity index (χ3n) is 2.48. The Morgan fingerprint density at radius 2 is 1.37 bits per heavy atom. The van der Waals surface area contributed by atoms with Gasteiger partial charge >= 0.3 is 0 Å². The lowest BCUT2D eigenvalue weighted by atomic mass is 10.1. The maximum atomic E-state index is 5.78. The third kappa shape index (κ3) is 4.89. The van der Waals surface area contributed by atoms with Gasteiger partial charge in [-0.3, -0.25) is 0 Å². The van der Waals surface area contributed by atoms with Gasteiger partial charge in [0, 0.05) is 27.2 Å². The number of nitrogens with two attached hydrogens (primary N) is 1. The fourth-order valence-corrected chi connectivity index (χ4v) is 1.83. The van der Waals surface area contributed by atoms with Gasteiger partial charge in [0.2, 0.25) is 17.8 Å². The van der Waals surface area contributed by atoms with Crippen molar-refractivity contribution in [1.29, 1.82) is 0 Å². The normalized spacial score (nSPS) is 11.2. The summed E-state index contributed by atoms with van der Waals surface area (Å²) in [6.45, 7) is 10.6. The Balaban J connectivity index is 3.06. The number of nitrogen functional groups attached to an aromatic ring is 1. The Labute approximate surface area is 116 Å². The van der Waals surface area contributed by atoms with E-state index in [2.05, 4.69) is 47.5 Å². The molecule has 108 valence electrons. The van der Waals surface area contributed by atoms with Crippen molar-refractivity contribution in [3.63, 3.8) is 0 Å². The molecule has 0 aliphatic carbocycles. The zero-order valence-corrected chi connectivity index (χ0v) is 12.9. The van der Waals surface area contributed by atoms with Gasteiger partial charge in [0.05, 0.1) is 0 Å². The molecule has 1 aromatic heterocycles. The topological polar surface area (TPSA) is 71.2 Å². The maximum Gasteiger partial charge on any atom is 0.231 e. The first-order valence-corrected chi connectivity index (χ1v) is 6.73. The van der Waals surface area contributed by atoms with E-state index in [1.165, 1.54) is 0 Å². The highest BCUT2D eigenvalue weighted by molar-refractivity contribution is 5.42. The average molecular weight is 266 g/mol. The standard InChI is InChI=1S/C13H26N6/c1-9(2)7-19(8-10(3)4)13-16-11(14)15-12(17-13)18(5)6/h9-10H,7-8H2,1-6H3,(H2,14,15,16,17). The molecule has 0 spiro atoms. The van der Waals surface area contributed by atoms with Crippen LogP contribution in [0.25, 0.3) is 0 Å². The van der Waals surface area contributed by atoms with Crippen LogP contribution in [-0.2, 0) is 0 Å². The average Bonchev–Trinajstić information content (AvgIpc) is 2.25. The molecular weight excluding hydrogens is 240 g/mol. The molecule has 1 rings (SSSR count). The second-order valence-electron chi connectivity index (χ2n) is 5.88. The van der Waals surface area contributed by atoms with Gasteiger partial charge in [0.1, 0.15) is 0 Å². The quantitative estimate of drug-likeness (QED) is 0.844. The molecule has 6 nitrogen and oxygen atoms in total. The number of hydrogen-bond donors (Lipinski definition) is 1. The Bertz CT molecular complexity index is 392. The van der Waals surface area contributed by atoms with Crippen LogP contribution in [0.4, 0.5) is 17.8 Å². The summed E-state index contributed by atoms with van der Waals surface area (Å²) in [6.07, 6.45) is 0. The zero-order valence-electron chi connectivity index (χ0n) is 12.9. The van der Waals surface area contributed by atoms with Gasteiger partial charge in [0.25, 0.3) is 0 Å². The Morgan fingerprint density at radius 1 is 0.895 bits per heavy atom. The van der Waals surface area contributed by atoms with Crippen LogP contribution in [-0.4, -0.2) is 42.1 Å². The molecular formula is C13H26N6. The van der Waals surface area contributed by atoms with Gasteiger partial charge in [-0.25, -0.2) is 0 Å². The predicted molar refractivity (Wildman–Crippen MR) is 80.5 cm³/mol. The van der Waals surface area contributed by atoms with Crippen molar-refractivity contribution < 1.29 is 0 Å². The second-order valence-corrected chi connectivity index (χ2v) is 5.88.